The van der Waals surface area contributed by atoms with Crippen LogP contribution in [0.1, 0.15) is 0 Å². The lowest BCUT2D eigenvalue weighted by Crippen LogP contribution is -1.87. The molecule has 14 heavy (non-hydrogen) atoms. The van der Waals surface area contributed by atoms with E-state index in [1.807, 2.05) is 24.3 Å². The van der Waals surface area contributed by atoms with Crippen LogP contribution in [-0.2, 0) is 0 Å². The summed E-state index contributed by atoms with van der Waals surface area (Å²) in [6.07, 6.45) is 1.73. The Balaban J connectivity index is 2.61. The number of benzene rings is 2. The largest absolute Gasteiger partial charge is 0.138 e. The van der Waals surface area contributed by atoms with Gasteiger partial charge in [-0.2, -0.15) is 0 Å². The van der Waals surface area contributed by atoms with Crippen molar-refractivity contribution in [2.45, 2.75) is 0 Å². The van der Waals surface area contributed by atoms with Crippen molar-refractivity contribution in [3.05, 3.63) is 42.6 Å². The summed E-state index contributed by atoms with van der Waals surface area (Å²) >= 11 is 0. The molecule has 0 aliphatic carbocycles. The van der Waals surface area contributed by atoms with Gasteiger partial charge in [0.2, 0.25) is 0 Å². The number of nitrogens with zero attached hydrogens (tertiary/aromatic N) is 3. The molecule has 1 aromatic heterocycles. The van der Waals surface area contributed by atoms with E-state index in [1.165, 1.54) is 5.39 Å². The highest BCUT2D eigenvalue weighted by molar-refractivity contribution is 6.04. The Kier molecular flexibility index (Phi) is 1.44. The first-order valence-corrected chi connectivity index (χ1v) is 4.41. The molecule has 2 aromatic carbocycles. The van der Waals surface area contributed by atoms with Gasteiger partial charge in [0, 0.05) is 10.8 Å². The Bertz CT molecular complexity index is 550. The number of hydrogen-bond acceptors (Lipinski definition) is 3. The SMILES string of the molecule is c1ccc2c(c1)ccc1cnnnc12. The van der Waals surface area contributed by atoms with E-state index in [1.54, 1.807) is 6.20 Å². The molecule has 0 fully saturated rings. The average molecular weight is 181 g/mol. The molecule has 66 valence electrons. The zero-order chi connectivity index (χ0) is 9.38. The molecule has 1 heterocycles. The minimum absolute atomic E-state index is 0.915. The van der Waals surface area contributed by atoms with Gasteiger partial charge >= 0.3 is 0 Å². The van der Waals surface area contributed by atoms with Crippen LogP contribution in [0, 0.1) is 0 Å². The highest BCUT2D eigenvalue weighted by atomic mass is 15.3. The van der Waals surface area contributed by atoms with Crippen molar-refractivity contribution >= 4 is 21.7 Å². The lowest BCUT2D eigenvalue weighted by atomic mass is 10.1. The predicted molar refractivity (Wildman–Crippen MR) is 54.8 cm³/mol. The molecule has 3 aromatic rings. The summed E-state index contributed by atoms with van der Waals surface area (Å²) in [6, 6.07) is 12.2. The predicted octanol–water partition coefficient (Wildman–Crippen LogP) is 2.18. The normalized spacial score (nSPS) is 10.9. The van der Waals surface area contributed by atoms with Crippen molar-refractivity contribution in [3.63, 3.8) is 0 Å². The van der Waals surface area contributed by atoms with Gasteiger partial charge in [0.25, 0.3) is 0 Å². The minimum Gasteiger partial charge on any atom is -0.138 e. The van der Waals surface area contributed by atoms with Crippen molar-refractivity contribution in [2.75, 3.05) is 0 Å². The van der Waals surface area contributed by atoms with E-state index in [0.29, 0.717) is 0 Å². The minimum atomic E-state index is 0.915. The number of fused-ring (bicyclic) bond motifs is 3. The molecule has 3 nitrogen and oxygen atoms in total. The first-order valence-electron chi connectivity index (χ1n) is 4.41. The Hall–Kier alpha value is -2.03. The van der Waals surface area contributed by atoms with Gasteiger partial charge in [-0.05, 0) is 10.6 Å². The lowest BCUT2D eigenvalue weighted by molar-refractivity contribution is 0.897. The van der Waals surface area contributed by atoms with Gasteiger partial charge in [0.1, 0.15) is 5.52 Å². The van der Waals surface area contributed by atoms with E-state index in [2.05, 4.69) is 27.5 Å². The molecule has 0 aliphatic heterocycles. The fourth-order valence-corrected chi connectivity index (χ4v) is 1.65. The van der Waals surface area contributed by atoms with Gasteiger partial charge < -0.3 is 0 Å². The molecule has 0 unspecified atom stereocenters. The van der Waals surface area contributed by atoms with Crippen molar-refractivity contribution < 1.29 is 0 Å². The summed E-state index contributed by atoms with van der Waals surface area (Å²) in [6.45, 7) is 0. The highest BCUT2D eigenvalue weighted by Crippen LogP contribution is 2.21. The van der Waals surface area contributed by atoms with Crippen molar-refractivity contribution in [1.82, 2.24) is 15.4 Å². The van der Waals surface area contributed by atoms with Crippen LogP contribution in [0.3, 0.4) is 0 Å². The molecule has 3 rings (SSSR count). The molecule has 0 saturated carbocycles. The third-order valence-corrected chi connectivity index (χ3v) is 2.32. The van der Waals surface area contributed by atoms with Crippen LogP contribution < -0.4 is 0 Å². The van der Waals surface area contributed by atoms with Crippen molar-refractivity contribution in [2.24, 2.45) is 0 Å². The molecule has 0 N–H and O–H groups in total. The molecule has 0 bridgehead atoms. The van der Waals surface area contributed by atoms with E-state index < -0.39 is 0 Å². The van der Waals surface area contributed by atoms with Crippen LogP contribution in [0.2, 0.25) is 0 Å². The van der Waals surface area contributed by atoms with Gasteiger partial charge in [0.05, 0.1) is 6.20 Å². The Labute approximate surface area is 80.4 Å². The summed E-state index contributed by atoms with van der Waals surface area (Å²) in [5, 5.41) is 14.8. The number of hydrogen-bond donors (Lipinski definition) is 0. The summed E-state index contributed by atoms with van der Waals surface area (Å²) in [5.41, 5.74) is 0.915. The van der Waals surface area contributed by atoms with Gasteiger partial charge in [-0.3, -0.25) is 0 Å². The maximum absolute atomic E-state index is 4.05. The van der Waals surface area contributed by atoms with Gasteiger partial charge in [-0.25, -0.2) is 0 Å². The van der Waals surface area contributed by atoms with Crippen LogP contribution in [0.15, 0.2) is 42.6 Å². The third-order valence-electron chi connectivity index (χ3n) is 2.32. The molecule has 0 saturated heterocycles. The number of rotatable bonds is 0. The maximum Gasteiger partial charge on any atom is 0.104 e. The van der Waals surface area contributed by atoms with Crippen molar-refractivity contribution in [1.29, 1.82) is 0 Å². The first-order chi connectivity index (χ1) is 6.95. The van der Waals surface area contributed by atoms with Gasteiger partial charge in [0.15, 0.2) is 0 Å². The molecule has 0 atom stereocenters. The quantitative estimate of drug-likeness (QED) is 0.499. The topological polar surface area (TPSA) is 38.7 Å². The summed E-state index contributed by atoms with van der Waals surface area (Å²) in [5.74, 6) is 0. The highest BCUT2D eigenvalue weighted by Gasteiger charge is 2.00. The Morgan fingerprint density at radius 2 is 1.71 bits per heavy atom. The van der Waals surface area contributed by atoms with Crippen LogP contribution in [0.4, 0.5) is 0 Å². The van der Waals surface area contributed by atoms with Crippen LogP contribution in [-0.4, -0.2) is 15.4 Å². The molecule has 0 spiro atoms. The molecule has 0 radical (unpaired) electrons. The number of aromatic nitrogens is 3. The van der Waals surface area contributed by atoms with Crippen LogP contribution in [0.25, 0.3) is 21.7 Å². The summed E-state index contributed by atoms with van der Waals surface area (Å²) in [7, 11) is 0. The standard InChI is InChI=1S/C11H7N3/c1-2-4-10-8(3-1)5-6-9-7-12-14-13-11(9)10/h1-7H. The zero-order valence-corrected chi connectivity index (χ0v) is 7.38. The lowest BCUT2D eigenvalue weighted by Gasteiger charge is -1.99. The Morgan fingerprint density at radius 1 is 0.857 bits per heavy atom. The molecule has 3 heteroatoms. The zero-order valence-electron chi connectivity index (χ0n) is 7.38. The fraction of sp³-hybridized carbons (Fsp3) is 0. The molecular formula is C11H7N3. The monoisotopic (exact) mass is 181 g/mol. The van der Waals surface area contributed by atoms with Gasteiger partial charge in [-0.1, -0.05) is 36.4 Å². The van der Waals surface area contributed by atoms with Crippen LogP contribution >= 0.6 is 0 Å². The maximum atomic E-state index is 4.05. The second-order valence-corrected chi connectivity index (χ2v) is 3.16. The van der Waals surface area contributed by atoms with E-state index in [4.69, 9.17) is 0 Å². The van der Waals surface area contributed by atoms with Gasteiger partial charge in [-0.15, -0.1) is 10.2 Å². The van der Waals surface area contributed by atoms with E-state index >= 15 is 0 Å². The fourth-order valence-electron chi connectivity index (χ4n) is 1.65. The van der Waals surface area contributed by atoms with E-state index in [-0.39, 0.29) is 0 Å². The van der Waals surface area contributed by atoms with Crippen LogP contribution in [0.5, 0.6) is 0 Å². The second kappa shape index (κ2) is 2.73. The average Bonchev–Trinajstić information content (AvgIpc) is 2.29. The summed E-state index contributed by atoms with van der Waals surface area (Å²) in [4.78, 5) is 0. The van der Waals surface area contributed by atoms with E-state index in [9.17, 15) is 0 Å². The smallest absolute Gasteiger partial charge is 0.104 e. The molecular weight excluding hydrogens is 174 g/mol. The summed E-state index contributed by atoms with van der Waals surface area (Å²) < 4.78 is 0. The molecule has 0 amide bonds. The second-order valence-electron chi connectivity index (χ2n) is 3.16. The Morgan fingerprint density at radius 3 is 2.71 bits per heavy atom. The molecule has 0 aliphatic rings. The van der Waals surface area contributed by atoms with E-state index in [0.717, 1.165) is 16.3 Å². The first kappa shape index (κ1) is 7.38. The van der Waals surface area contributed by atoms with Crippen molar-refractivity contribution in [3.8, 4) is 0 Å². The third kappa shape index (κ3) is 0.956.